The Bertz CT molecular complexity index is 676. The monoisotopic (exact) mass is 247 g/mol. The van der Waals surface area contributed by atoms with Crippen molar-refractivity contribution in [3.63, 3.8) is 0 Å². The van der Waals surface area contributed by atoms with Crippen molar-refractivity contribution in [3.05, 3.63) is 44.7 Å². The third-order valence-corrected chi connectivity index (χ3v) is 2.81. The molecule has 0 aliphatic heterocycles. The fraction of sp³-hybridized carbons (Fsp3) is 0.250. The van der Waals surface area contributed by atoms with Gasteiger partial charge in [-0.05, 0) is 13.0 Å². The number of aryl methyl sites for hydroxylation is 1. The van der Waals surface area contributed by atoms with Gasteiger partial charge in [-0.25, -0.2) is 0 Å². The summed E-state index contributed by atoms with van der Waals surface area (Å²) in [5, 5.41) is 14.5. The van der Waals surface area contributed by atoms with Crippen LogP contribution in [0.4, 0.5) is 11.4 Å². The standard InChI is InChI=1S/C12H13N3O3/c1-3-13-10-7-12(16)14(2)11-5-4-8(15(17)18)6-9(10)11/h4-7,13H,3H2,1-2H3. The molecule has 0 atom stereocenters. The largest absolute Gasteiger partial charge is 0.385 e. The van der Waals surface area contributed by atoms with Crippen molar-refractivity contribution in [2.75, 3.05) is 11.9 Å². The van der Waals surface area contributed by atoms with Gasteiger partial charge in [0.15, 0.2) is 0 Å². The number of pyridine rings is 1. The second-order valence-corrected chi connectivity index (χ2v) is 3.94. The molecule has 1 aromatic heterocycles. The van der Waals surface area contributed by atoms with Gasteiger partial charge >= 0.3 is 0 Å². The Balaban J connectivity index is 2.81. The summed E-state index contributed by atoms with van der Waals surface area (Å²) in [6.45, 7) is 2.55. The van der Waals surface area contributed by atoms with Gasteiger partial charge in [0.25, 0.3) is 11.2 Å². The minimum Gasteiger partial charge on any atom is -0.385 e. The fourth-order valence-corrected chi connectivity index (χ4v) is 1.90. The summed E-state index contributed by atoms with van der Waals surface area (Å²) in [6.07, 6.45) is 0. The fourth-order valence-electron chi connectivity index (χ4n) is 1.90. The van der Waals surface area contributed by atoms with Gasteiger partial charge in [0.05, 0.1) is 10.4 Å². The van der Waals surface area contributed by atoms with Crippen LogP contribution in [-0.2, 0) is 7.05 Å². The van der Waals surface area contributed by atoms with Crippen LogP contribution in [0.5, 0.6) is 0 Å². The highest BCUT2D eigenvalue weighted by atomic mass is 16.6. The van der Waals surface area contributed by atoms with E-state index in [2.05, 4.69) is 5.32 Å². The maximum Gasteiger partial charge on any atom is 0.270 e. The van der Waals surface area contributed by atoms with Crippen molar-refractivity contribution in [2.45, 2.75) is 6.92 Å². The third kappa shape index (κ3) is 1.92. The summed E-state index contributed by atoms with van der Waals surface area (Å²) < 4.78 is 1.47. The number of non-ortho nitro benzene ring substituents is 1. The molecule has 1 heterocycles. The average Bonchev–Trinajstić information content (AvgIpc) is 2.35. The van der Waals surface area contributed by atoms with E-state index in [1.54, 1.807) is 13.1 Å². The lowest BCUT2D eigenvalue weighted by atomic mass is 10.1. The van der Waals surface area contributed by atoms with Crippen molar-refractivity contribution >= 4 is 22.3 Å². The molecule has 1 aromatic carbocycles. The molecule has 1 N–H and O–H groups in total. The van der Waals surface area contributed by atoms with E-state index in [0.717, 1.165) is 0 Å². The highest BCUT2D eigenvalue weighted by molar-refractivity contribution is 5.93. The third-order valence-electron chi connectivity index (χ3n) is 2.81. The molecular weight excluding hydrogens is 234 g/mol. The van der Waals surface area contributed by atoms with Gasteiger partial charge in [-0.2, -0.15) is 0 Å². The number of nitrogens with zero attached hydrogens (tertiary/aromatic N) is 2. The Kier molecular flexibility index (Phi) is 3.01. The minimum absolute atomic E-state index is 0.0142. The molecule has 6 nitrogen and oxygen atoms in total. The first-order valence-corrected chi connectivity index (χ1v) is 5.56. The van der Waals surface area contributed by atoms with Gasteiger partial charge < -0.3 is 9.88 Å². The van der Waals surface area contributed by atoms with Gasteiger partial charge in [0, 0.05) is 42.9 Å². The summed E-state index contributed by atoms with van der Waals surface area (Å²) >= 11 is 0. The SMILES string of the molecule is CCNc1cc(=O)n(C)c2ccc([N+](=O)[O-])cc12. The number of nitrogens with one attached hydrogen (secondary N) is 1. The molecule has 0 fully saturated rings. The molecule has 0 aliphatic rings. The number of benzene rings is 1. The maximum atomic E-state index is 11.7. The number of aromatic nitrogens is 1. The summed E-state index contributed by atoms with van der Waals surface area (Å²) in [5.74, 6) is 0. The Morgan fingerprint density at radius 1 is 1.39 bits per heavy atom. The lowest BCUT2D eigenvalue weighted by Crippen LogP contribution is -2.17. The normalized spacial score (nSPS) is 10.6. The van der Waals surface area contributed by atoms with Crippen molar-refractivity contribution in [3.8, 4) is 0 Å². The van der Waals surface area contributed by atoms with E-state index in [9.17, 15) is 14.9 Å². The molecular formula is C12H13N3O3. The number of nitro groups is 1. The molecule has 0 unspecified atom stereocenters. The first-order valence-electron chi connectivity index (χ1n) is 5.56. The topological polar surface area (TPSA) is 77.2 Å². The van der Waals surface area contributed by atoms with Gasteiger partial charge in [-0.1, -0.05) is 0 Å². The van der Waals surface area contributed by atoms with Crippen LogP contribution in [0.15, 0.2) is 29.1 Å². The number of fused-ring (bicyclic) bond motifs is 1. The predicted molar refractivity (Wildman–Crippen MR) is 70.0 cm³/mol. The summed E-state index contributed by atoms with van der Waals surface area (Å²) in [5.41, 5.74) is 1.16. The van der Waals surface area contributed by atoms with E-state index in [1.165, 1.54) is 22.8 Å². The lowest BCUT2D eigenvalue weighted by Gasteiger charge is -2.10. The lowest BCUT2D eigenvalue weighted by molar-refractivity contribution is -0.384. The Hall–Kier alpha value is -2.37. The second kappa shape index (κ2) is 4.48. The van der Waals surface area contributed by atoms with E-state index >= 15 is 0 Å². The van der Waals surface area contributed by atoms with Crippen LogP contribution < -0.4 is 10.9 Å². The van der Waals surface area contributed by atoms with Crippen LogP contribution in [0.25, 0.3) is 10.9 Å². The van der Waals surface area contributed by atoms with Crippen molar-refractivity contribution < 1.29 is 4.92 Å². The molecule has 0 saturated carbocycles. The molecule has 6 heteroatoms. The van der Waals surface area contributed by atoms with Crippen LogP contribution in [-0.4, -0.2) is 16.0 Å². The molecule has 0 radical (unpaired) electrons. The van der Waals surface area contributed by atoms with Crippen LogP contribution in [0, 0.1) is 10.1 Å². The van der Waals surface area contributed by atoms with Crippen LogP contribution in [0.3, 0.4) is 0 Å². The highest BCUT2D eigenvalue weighted by Gasteiger charge is 2.11. The van der Waals surface area contributed by atoms with E-state index in [-0.39, 0.29) is 11.2 Å². The maximum absolute atomic E-state index is 11.7. The molecule has 94 valence electrons. The Morgan fingerprint density at radius 3 is 2.72 bits per heavy atom. The first kappa shape index (κ1) is 12.1. The molecule has 0 spiro atoms. The van der Waals surface area contributed by atoms with E-state index in [4.69, 9.17) is 0 Å². The summed E-state index contributed by atoms with van der Waals surface area (Å²) in [6, 6.07) is 5.93. The molecule has 2 rings (SSSR count). The highest BCUT2D eigenvalue weighted by Crippen LogP contribution is 2.25. The number of rotatable bonds is 3. The first-order chi connectivity index (χ1) is 8.54. The smallest absolute Gasteiger partial charge is 0.270 e. The zero-order chi connectivity index (χ0) is 13.3. The van der Waals surface area contributed by atoms with E-state index in [1.807, 2.05) is 6.92 Å². The Labute approximate surface area is 103 Å². The second-order valence-electron chi connectivity index (χ2n) is 3.94. The van der Waals surface area contributed by atoms with Crippen molar-refractivity contribution in [1.29, 1.82) is 0 Å². The quantitative estimate of drug-likeness (QED) is 0.663. The molecule has 0 saturated heterocycles. The van der Waals surface area contributed by atoms with Gasteiger partial charge in [0.1, 0.15) is 0 Å². The van der Waals surface area contributed by atoms with Gasteiger partial charge in [-0.3, -0.25) is 14.9 Å². The summed E-state index contributed by atoms with van der Waals surface area (Å²) in [4.78, 5) is 22.1. The van der Waals surface area contributed by atoms with Crippen molar-refractivity contribution in [2.24, 2.45) is 7.05 Å². The minimum atomic E-state index is -0.444. The number of anilines is 1. The van der Waals surface area contributed by atoms with Gasteiger partial charge in [-0.15, -0.1) is 0 Å². The number of hydrogen-bond donors (Lipinski definition) is 1. The zero-order valence-electron chi connectivity index (χ0n) is 10.1. The summed E-state index contributed by atoms with van der Waals surface area (Å²) in [7, 11) is 1.65. The van der Waals surface area contributed by atoms with Crippen molar-refractivity contribution in [1.82, 2.24) is 4.57 Å². The van der Waals surface area contributed by atoms with Crippen LogP contribution >= 0.6 is 0 Å². The average molecular weight is 247 g/mol. The van der Waals surface area contributed by atoms with Crippen LogP contribution in [0.2, 0.25) is 0 Å². The predicted octanol–water partition coefficient (Wildman–Crippen LogP) is 1.88. The molecule has 0 aliphatic carbocycles. The Morgan fingerprint density at radius 2 is 2.11 bits per heavy atom. The molecule has 18 heavy (non-hydrogen) atoms. The number of hydrogen-bond acceptors (Lipinski definition) is 4. The molecule has 0 amide bonds. The molecule has 2 aromatic rings. The van der Waals surface area contributed by atoms with E-state index in [0.29, 0.717) is 23.1 Å². The zero-order valence-corrected chi connectivity index (χ0v) is 10.1. The van der Waals surface area contributed by atoms with Crippen LogP contribution in [0.1, 0.15) is 6.92 Å². The molecule has 0 bridgehead atoms. The number of nitro benzene ring substituents is 1. The van der Waals surface area contributed by atoms with E-state index < -0.39 is 4.92 Å². The van der Waals surface area contributed by atoms with Gasteiger partial charge in [0.2, 0.25) is 0 Å².